The quantitative estimate of drug-likeness (QED) is 0.167. The van der Waals surface area contributed by atoms with Crippen molar-refractivity contribution in [2.75, 3.05) is 4.90 Å². The second-order valence-electron chi connectivity index (χ2n) is 14.5. The molecule has 0 fully saturated rings. The van der Waals surface area contributed by atoms with E-state index in [1.807, 2.05) is 0 Å². The van der Waals surface area contributed by atoms with Gasteiger partial charge in [-0.25, -0.2) is 0 Å². The Balaban J connectivity index is 1.01. The van der Waals surface area contributed by atoms with Crippen LogP contribution in [0.15, 0.2) is 218 Å². The minimum atomic E-state index is 1.10. The number of benzene rings is 9. The van der Waals surface area contributed by atoms with Crippen molar-refractivity contribution in [2.24, 2.45) is 0 Å². The molecule has 0 saturated heterocycles. The van der Waals surface area contributed by atoms with E-state index in [0.29, 0.717) is 0 Å². The van der Waals surface area contributed by atoms with Gasteiger partial charge in [-0.1, -0.05) is 164 Å². The Morgan fingerprint density at radius 3 is 1.30 bits per heavy atom. The number of hydrogen-bond acceptors (Lipinski definition) is 1. The lowest BCUT2D eigenvalue weighted by atomic mass is 9.92. The van der Waals surface area contributed by atoms with Crippen LogP contribution in [-0.2, 0) is 0 Å². The largest absolute Gasteiger partial charge is 0.311 e. The van der Waals surface area contributed by atoms with Crippen LogP contribution in [0, 0.1) is 0 Å². The minimum absolute atomic E-state index is 1.10. The molecule has 2 nitrogen and oxygen atoms in total. The fourth-order valence-corrected chi connectivity index (χ4v) is 8.68. The second-order valence-corrected chi connectivity index (χ2v) is 14.5. The van der Waals surface area contributed by atoms with Crippen molar-refractivity contribution in [3.05, 3.63) is 218 Å². The molecule has 0 radical (unpaired) electrons. The average Bonchev–Trinajstić information content (AvgIpc) is 3.56. The van der Waals surface area contributed by atoms with Gasteiger partial charge in [-0.2, -0.15) is 0 Å². The molecule has 0 spiro atoms. The summed E-state index contributed by atoms with van der Waals surface area (Å²) in [6.07, 6.45) is 0. The van der Waals surface area contributed by atoms with Crippen LogP contribution in [0.3, 0.4) is 0 Å². The summed E-state index contributed by atoms with van der Waals surface area (Å²) in [4.78, 5) is 2.35. The number of nitrogens with zero attached hydrogens (tertiary/aromatic N) is 2. The first kappa shape index (κ1) is 32.0. The molecule has 2 heteroatoms. The summed E-state index contributed by atoms with van der Waals surface area (Å²) in [6.45, 7) is 0. The van der Waals surface area contributed by atoms with E-state index in [2.05, 4.69) is 228 Å². The van der Waals surface area contributed by atoms with Crippen LogP contribution >= 0.6 is 0 Å². The van der Waals surface area contributed by atoms with E-state index in [0.717, 1.165) is 17.1 Å². The van der Waals surface area contributed by atoms with Crippen molar-refractivity contribution in [2.45, 2.75) is 0 Å². The maximum Gasteiger partial charge on any atom is 0.0619 e. The van der Waals surface area contributed by atoms with Crippen LogP contribution in [0.1, 0.15) is 0 Å². The maximum absolute atomic E-state index is 2.48. The number of aromatic nitrogens is 1. The summed E-state index contributed by atoms with van der Waals surface area (Å²) in [5.74, 6) is 0. The van der Waals surface area contributed by atoms with Crippen molar-refractivity contribution >= 4 is 38.9 Å². The highest BCUT2D eigenvalue weighted by atomic mass is 15.1. The molecule has 0 N–H and O–H groups in total. The molecule has 2 heterocycles. The molecule has 0 bridgehead atoms. The molecule has 56 heavy (non-hydrogen) atoms. The third kappa shape index (κ3) is 5.26. The molecule has 0 atom stereocenters. The zero-order valence-corrected chi connectivity index (χ0v) is 30.7. The van der Waals surface area contributed by atoms with E-state index in [1.54, 1.807) is 0 Å². The van der Waals surface area contributed by atoms with E-state index in [1.165, 1.54) is 83.1 Å². The fraction of sp³-hybridized carbons (Fsp3) is 0. The van der Waals surface area contributed by atoms with Crippen molar-refractivity contribution in [1.29, 1.82) is 0 Å². The van der Waals surface area contributed by atoms with Crippen LogP contribution in [0.5, 0.6) is 0 Å². The molecule has 1 aliphatic heterocycles. The summed E-state index contributed by atoms with van der Waals surface area (Å²) < 4.78 is 2.48. The molecule has 0 saturated carbocycles. The highest BCUT2D eigenvalue weighted by molar-refractivity contribution is 6.16. The molecule has 0 amide bonds. The smallest absolute Gasteiger partial charge is 0.0619 e. The van der Waals surface area contributed by atoms with E-state index in [-0.39, 0.29) is 0 Å². The summed E-state index contributed by atoms with van der Waals surface area (Å²) >= 11 is 0. The molecule has 0 aliphatic carbocycles. The molecule has 0 unspecified atom stereocenters. The molecule has 9 aromatic carbocycles. The Morgan fingerprint density at radius 1 is 0.286 bits per heavy atom. The van der Waals surface area contributed by atoms with Gasteiger partial charge >= 0.3 is 0 Å². The molecular weight excluding hydrogens is 677 g/mol. The number of hydrogen-bond donors (Lipinski definition) is 0. The number of fused-ring (bicyclic) bond motifs is 8. The predicted octanol–water partition coefficient (Wildman–Crippen LogP) is 14.9. The third-order valence-corrected chi connectivity index (χ3v) is 11.4. The van der Waals surface area contributed by atoms with Gasteiger partial charge in [-0.3, -0.25) is 0 Å². The molecule has 1 aliphatic rings. The van der Waals surface area contributed by atoms with Gasteiger partial charge in [-0.05, 0) is 99.1 Å². The van der Waals surface area contributed by atoms with Gasteiger partial charge in [0.25, 0.3) is 0 Å². The highest BCUT2D eigenvalue weighted by Gasteiger charge is 2.24. The zero-order chi connectivity index (χ0) is 37.0. The Morgan fingerprint density at radius 2 is 0.714 bits per heavy atom. The Bertz CT molecular complexity index is 2950. The van der Waals surface area contributed by atoms with Gasteiger partial charge in [0.1, 0.15) is 0 Å². The number of anilines is 3. The average molecular weight is 713 g/mol. The topological polar surface area (TPSA) is 8.17 Å². The summed E-state index contributed by atoms with van der Waals surface area (Å²) in [5.41, 5.74) is 19.2. The van der Waals surface area contributed by atoms with Crippen LogP contribution in [-0.4, -0.2) is 4.57 Å². The van der Waals surface area contributed by atoms with Gasteiger partial charge in [0.2, 0.25) is 0 Å². The molecule has 1 aromatic heterocycles. The lowest BCUT2D eigenvalue weighted by Gasteiger charge is -2.26. The first-order valence-corrected chi connectivity index (χ1v) is 19.3. The van der Waals surface area contributed by atoms with Gasteiger partial charge in [0.05, 0.1) is 16.7 Å². The zero-order valence-electron chi connectivity index (χ0n) is 30.7. The lowest BCUT2D eigenvalue weighted by molar-refractivity contribution is 1.19. The minimum Gasteiger partial charge on any atom is -0.311 e. The first-order valence-electron chi connectivity index (χ1n) is 19.3. The standard InChI is InChI=1S/C54H36N2/c1-3-12-37(13-4-1)39-22-29-43(30-23-39)55(44-31-24-40(25-32-44)38-14-5-2-6-15-38)45-33-26-41(27-34-45)42-28-35-53-51(36-42)47-17-8-7-16-46(47)49-19-11-20-50-48-18-9-10-21-52(48)56(53)54(49)50/h1-36H. The second kappa shape index (κ2) is 13.2. The van der Waals surface area contributed by atoms with Crippen LogP contribution in [0.25, 0.3) is 83.1 Å². The van der Waals surface area contributed by atoms with Crippen molar-refractivity contribution in [1.82, 2.24) is 4.57 Å². The Hall–Kier alpha value is -7.42. The van der Waals surface area contributed by atoms with E-state index < -0.39 is 0 Å². The summed E-state index contributed by atoms with van der Waals surface area (Å²) in [7, 11) is 0. The van der Waals surface area contributed by atoms with Crippen molar-refractivity contribution < 1.29 is 0 Å². The van der Waals surface area contributed by atoms with E-state index >= 15 is 0 Å². The third-order valence-electron chi connectivity index (χ3n) is 11.4. The SMILES string of the molecule is c1ccc(-c2ccc(N(c3ccc(-c4ccccc4)cc3)c3ccc(-c4ccc5c(c4)-c4ccccc4-c4cccc6c7ccccc7n-5c46)cc3)cc2)cc1. The maximum atomic E-state index is 2.48. The Labute approximate surface area is 326 Å². The molecular formula is C54H36N2. The lowest BCUT2D eigenvalue weighted by Crippen LogP contribution is -2.09. The fourth-order valence-electron chi connectivity index (χ4n) is 8.68. The molecule has 262 valence electrons. The summed E-state index contributed by atoms with van der Waals surface area (Å²) in [6, 6.07) is 79.4. The van der Waals surface area contributed by atoms with Crippen LogP contribution in [0.2, 0.25) is 0 Å². The highest BCUT2D eigenvalue weighted by Crippen LogP contribution is 2.47. The monoisotopic (exact) mass is 712 g/mol. The molecule has 10 aromatic rings. The van der Waals surface area contributed by atoms with E-state index in [4.69, 9.17) is 0 Å². The number of para-hydroxylation sites is 2. The molecule has 11 rings (SSSR count). The number of rotatable bonds is 6. The van der Waals surface area contributed by atoms with Gasteiger partial charge in [-0.15, -0.1) is 0 Å². The van der Waals surface area contributed by atoms with Crippen LogP contribution in [0.4, 0.5) is 17.1 Å². The van der Waals surface area contributed by atoms with Crippen molar-refractivity contribution in [3.8, 4) is 61.3 Å². The predicted molar refractivity (Wildman–Crippen MR) is 236 cm³/mol. The van der Waals surface area contributed by atoms with E-state index in [9.17, 15) is 0 Å². The van der Waals surface area contributed by atoms with Gasteiger partial charge in [0.15, 0.2) is 0 Å². The Kier molecular flexibility index (Phi) is 7.53. The van der Waals surface area contributed by atoms with Gasteiger partial charge < -0.3 is 9.47 Å². The van der Waals surface area contributed by atoms with Gasteiger partial charge in [0, 0.05) is 39.0 Å². The first-order chi connectivity index (χ1) is 27.8. The van der Waals surface area contributed by atoms with Crippen molar-refractivity contribution in [3.63, 3.8) is 0 Å². The normalized spacial score (nSPS) is 11.6. The summed E-state index contributed by atoms with van der Waals surface area (Å²) in [5, 5.41) is 2.57. The van der Waals surface area contributed by atoms with Crippen LogP contribution < -0.4 is 4.90 Å².